The van der Waals surface area contributed by atoms with Gasteiger partial charge in [0.05, 0.1) is 18.2 Å². The summed E-state index contributed by atoms with van der Waals surface area (Å²) < 4.78 is 5.37. The van der Waals surface area contributed by atoms with Gasteiger partial charge in [0, 0.05) is 7.11 Å². The highest BCUT2D eigenvalue weighted by Gasteiger charge is 2.32. The van der Waals surface area contributed by atoms with Gasteiger partial charge in [-0.1, -0.05) is 84.9 Å². The van der Waals surface area contributed by atoms with E-state index in [4.69, 9.17) is 9.57 Å². The Hall–Kier alpha value is -3.48. The lowest BCUT2D eigenvalue weighted by Gasteiger charge is -2.33. The van der Waals surface area contributed by atoms with E-state index in [0.29, 0.717) is 25.0 Å². The normalized spacial score (nSPS) is 13.0. The van der Waals surface area contributed by atoms with Gasteiger partial charge in [0.1, 0.15) is 0 Å². The molecule has 0 bridgehead atoms. The van der Waals surface area contributed by atoms with Crippen molar-refractivity contribution in [2.45, 2.75) is 44.9 Å². The van der Waals surface area contributed by atoms with Gasteiger partial charge in [0.2, 0.25) is 12.3 Å². The number of methoxy groups -OCH3 is 1. The van der Waals surface area contributed by atoms with Crippen molar-refractivity contribution in [3.8, 4) is 11.1 Å². The quantitative estimate of drug-likeness (QED) is 0.315. The highest BCUT2D eigenvalue weighted by Crippen LogP contribution is 2.27. The molecule has 0 saturated carbocycles. The second-order valence-corrected chi connectivity index (χ2v) is 9.41. The lowest BCUT2D eigenvalue weighted by atomic mass is 9.99. The summed E-state index contributed by atoms with van der Waals surface area (Å²) in [6.07, 6.45) is 1.16. The van der Waals surface area contributed by atoms with Crippen LogP contribution >= 0.6 is 0 Å². The van der Waals surface area contributed by atoms with Crippen LogP contribution in [-0.2, 0) is 25.6 Å². The smallest absolute Gasteiger partial charge is 0.250 e. The maximum absolute atomic E-state index is 13.6. The highest BCUT2D eigenvalue weighted by molar-refractivity contribution is 5.85. The molecular formula is C29H34N2O4. The fourth-order valence-corrected chi connectivity index (χ4v) is 3.89. The molecule has 6 nitrogen and oxygen atoms in total. The number of benzene rings is 3. The zero-order valence-corrected chi connectivity index (χ0v) is 20.8. The number of carbonyl (C=O) groups is 2. The van der Waals surface area contributed by atoms with Gasteiger partial charge in [0.25, 0.3) is 0 Å². The number of ether oxygens (including phenoxy) is 1. The van der Waals surface area contributed by atoms with Gasteiger partial charge in [-0.2, -0.15) is 0 Å². The maximum Gasteiger partial charge on any atom is 0.250 e. The molecular weight excluding hydrogens is 440 g/mol. The van der Waals surface area contributed by atoms with Crippen molar-refractivity contribution in [3.63, 3.8) is 0 Å². The zero-order valence-electron chi connectivity index (χ0n) is 20.8. The SMILES string of the molecule is COC[C@H](Cc1ccccc1)NC(=O)[C@H](c1ccc(-c2ccccc2)cc1)N(C=O)OC(C)(C)C. The molecule has 0 fully saturated rings. The molecule has 0 saturated heterocycles. The average Bonchev–Trinajstić information content (AvgIpc) is 2.84. The highest BCUT2D eigenvalue weighted by atomic mass is 16.7. The molecule has 3 aromatic carbocycles. The van der Waals surface area contributed by atoms with Gasteiger partial charge in [-0.3, -0.25) is 14.4 Å². The molecule has 0 spiro atoms. The van der Waals surface area contributed by atoms with Crippen LogP contribution in [0.25, 0.3) is 11.1 Å². The van der Waals surface area contributed by atoms with E-state index in [1.807, 2.05) is 106 Å². The molecule has 6 heteroatoms. The van der Waals surface area contributed by atoms with Crippen LogP contribution in [0.2, 0.25) is 0 Å². The first-order valence-corrected chi connectivity index (χ1v) is 11.7. The summed E-state index contributed by atoms with van der Waals surface area (Å²) in [7, 11) is 1.60. The molecule has 1 N–H and O–H groups in total. The monoisotopic (exact) mass is 474 g/mol. The Morgan fingerprint density at radius 1 is 0.914 bits per heavy atom. The lowest BCUT2D eigenvalue weighted by Crippen LogP contribution is -2.48. The predicted octanol–water partition coefficient (Wildman–Crippen LogP) is 4.96. The van der Waals surface area contributed by atoms with Crippen molar-refractivity contribution in [1.29, 1.82) is 0 Å². The van der Waals surface area contributed by atoms with Crippen LogP contribution in [0.15, 0.2) is 84.9 Å². The second-order valence-electron chi connectivity index (χ2n) is 9.41. The Morgan fingerprint density at radius 2 is 1.49 bits per heavy atom. The van der Waals surface area contributed by atoms with Gasteiger partial charge >= 0.3 is 0 Å². The third-order valence-corrected chi connectivity index (χ3v) is 5.36. The zero-order chi connectivity index (χ0) is 25.3. The van der Waals surface area contributed by atoms with Crippen LogP contribution in [0, 0.1) is 0 Å². The molecule has 0 aliphatic rings. The molecule has 2 atom stereocenters. The number of nitrogens with one attached hydrogen (secondary N) is 1. The lowest BCUT2D eigenvalue weighted by molar-refractivity contribution is -0.232. The van der Waals surface area contributed by atoms with Crippen LogP contribution in [0.5, 0.6) is 0 Å². The molecule has 35 heavy (non-hydrogen) atoms. The fraction of sp³-hybridized carbons (Fsp3) is 0.310. The number of carbonyl (C=O) groups excluding carboxylic acids is 2. The van der Waals surface area contributed by atoms with Gasteiger partial charge < -0.3 is 10.1 Å². The summed E-state index contributed by atoms with van der Waals surface area (Å²) in [6.45, 7) is 5.84. The largest absolute Gasteiger partial charge is 0.383 e. The first kappa shape index (κ1) is 26.1. The van der Waals surface area contributed by atoms with Crippen molar-refractivity contribution in [2.24, 2.45) is 0 Å². The molecule has 184 valence electrons. The van der Waals surface area contributed by atoms with Crippen LogP contribution < -0.4 is 5.32 Å². The number of nitrogens with zero attached hydrogens (tertiary/aromatic N) is 1. The van der Waals surface area contributed by atoms with Crippen LogP contribution in [0.3, 0.4) is 0 Å². The summed E-state index contributed by atoms with van der Waals surface area (Å²) in [6, 6.07) is 26.2. The number of rotatable bonds is 11. The molecule has 3 aromatic rings. The second kappa shape index (κ2) is 12.3. The Bertz CT molecular complexity index is 1060. The van der Waals surface area contributed by atoms with Crippen molar-refractivity contribution in [2.75, 3.05) is 13.7 Å². The minimum atomic E-state index is -0.966. The Balaban J connectivity index is 1.89. The van der Waals surface area contributed by atoms with Crippen molar-refractivity contribution >= 4 is 12.3 Å². The van der Waals surface area contributed by atoms with Crippen LogP contribution in [-0.4, -0.2) is 42.7 Å². The molecule has 3 rings (SSSR count). The molecule has 0 unspecified atom stereocenters. The van der Waals surface area contributed by atoms with Crippen molar-refractivity contribution in [3.05, 3.63) is 96.1 Å². The molecule has 2 amide bonds. The number of hydrogen-bond acceptors (Lipinski definition) is 4. The molecule has 0 aromatic heterocycles. The predicted molar refractivity (Wildman–Crippen MR) is 137 cm³/mol. The van der Waals surface area contributed by atoms with Gasteiger partial charge in [-0.05, 0) is 49.4 Å². The topological polar surface area (TPSA) is 67.9 Å². The van der Waals surface area contributed by atoms with Crippen LogP contribution in [0.4, 0.5) is 0 Å². The Kier molecular flexibility index (Phi) is 9.18. The molecule has 0 radical (unpaired) electrons. The van der Waals surface area contributed by atoms with Crippen molar-refractivity contribution < 1.29 is 19.2 Å². The molecule has 0 aliphatic heterocycles. The minimum absolute atomic E-state index is 0.274. The summed E-state index contributed by atoms with van der Waals surface area (Å²) in [5.74, 6) is -0.341. The fourth-order valence-electron chi connectivity index (χ4n) is 3.89. The van der Waals surface area contributed by atoms with E-state index >= 15 is 0 Å². The standard InChI is InChI=1S/C29H34N2O4/c1-29(2,3)35-31(21-32)27(25-17-15-24(16-18-25)23-13-9-6-10-14-23)28(33)30-26(20-34-4)19-22-11-7-5-8-12-22/h5-18,21,26-27H,19-20H2,1-4H3,(H,30,33)/t26-,27-/m0/s1. The number of hydroxylamine groups is 2. The molecule has 0 heterocycles. The number of amides is 2. The van der Waals surface area contributed by atoms with E-state index in [1.54, 1.807) is 7.11 Å². The summed E-state index contributed by atoms with van der Waals surface area (Å²) >= 11 is 0. The summed E-state index contributed by atoms with van der Waals surface area (Å²) in [4.78, 5) is 31.6. The van der Waals surface area contributed by atoms with Crippen LogP contribution in [0.1, 0.15) is 37.9 Å². The Labute approximate surface area is 207 Å². The van der Waals surface area contributed by atoms with E-state index in [1.165, 1.54) is 0 Å². The van der Waals surface area contributed by atoms with Gasteiger partial charge in [0.15, 0.2) is 6.04 Å². The van der Waals surface area contributed by atoms with Crippen molar-refractivity contribution in [1.82, 2.24) is 10.4 Å². The van der Waals surface area contributed by atoms with E-state index in [9.17, 15) is 9.59 Å². The third kappa shape index (κ3) is 7.77. The van der Waals surface area contributed by atoms with E-state index < -0.39 is 11.6 Å². The summed E-state index contributed by atoms with van der Waals surface area (Å²) in [5, 5.41) is 4.16. The number of hydrogen-bond donors (Lipinski definition) is 1. The first-order chi connectivity index (χ1) is 16.8. The summed E-state index contributed by atoms with van der Waals surface area (Å²) in [5.41, 5.74) is 3.15. The van der Waals surface area contributed by atoms with Gasteiger partial charge in [-0.25, -0.2) is 5.06 Å². The Morgan fingerprint density at radius 3 is 2.03 bits per heavy atom. The molecule has 0 aliphatic carbocycles. The van der Waals surface area contributed by atoms with E-state index in [-0.39, 0.29) is 11.9 Å². The average molecular weight is 475 g/mol. The third-order valence-electron chi connectivity index (χ3n) is 5.36. The maximum atomic E-state index is 13.6. The van der Waals surface area contributed by atoms with Gasteiger partial charge in [-0.15, -0.1) is 0 Å². The minimum Gasteiger partial charge on any atom is -0.383 e. The van der Waals surface area contributed by atoms with E-state index in [0.717, 1.165) is 21.8 Å². The van der Waals surface area contributed by atoms with E-state index in [2.05, 4.69) is 5.32 Å². The first-order valence-electron chi connectivity index (χ1n) is 11.7.